The molecule has 0 saturated heterocycles. The highest BCUT2D eigenvalue weighted by Crippen LogP contribution is 2.15. The van der Waals surface area contributed by atoms with Crippen LogP contribution in [0.2, 0.25) is 5.02 Å². The van der Waals surface area contributed by atoms with Gasteiger partial charge in [-0.1, -0.05) is 35.9 Å². The molecule has 0 bridgehead atoms. The molecule has 0 aliphatic rings. The average molecular weight is 303 g/mol. The monoisotopic (exact) mass is 302 g/mol. The number of benzene rings is 1. The normalized spacial score (nSPS) is 10.3. The molecule has 1 aromatic heterocycles. The minimum Gasteiger partial charge on any atom is -0.356 e. The minimum absolute atomic E-state index is 0.0180. The number of hydrogen-bond acceptors (Lipinski definition) is 2. The standard InChI is InChI=1S/C17H19ClN2O/c18-16-9-2-1-8-15(16)12-17(21)20-11-4-3-6-14-7-5-10-19-13-14/h1-2,5,7-10,13H,3-4,6,11-12H2,(H,20,21). The zero-order chi connectivity index (χ0) is 14.9. The molecule has 1 heterocycles. The topological polar surface area (TPSA) is 42.0 Å². The Morgan fingerprint density at radius 3 is 2.76 bits per heavy atom. The van der Waals surface area contributed by atoms with Crippen molar-refractivity contribution in [1.29, 1.82) is 0 Å². The first kappa shape index (κ1) is 15.5. The van der Waals surface area contributed by atoms with Crippen molar-refractivity contribution in [3.63, 3.8) is 0 Å². The Bertz CT molecular complexity index is 572. The second-order valence-electron chi connectivity index (χ2n) is 4.94. The smallest absolute Gasteiger partial charge is 0.224 e. The van der Waals surface area contributed by atoms with Crippen molar-refractivity contribution in [3.8, 4) is 0 Å². The molecule has 0 fully saturated rings. The van der Waals surface area contributed by atoms with Crippen LogP contribution in [-0.2, 0) is 17.6 Å². The van der Waals surface area contributed by atoms with Crippen LogP contribution < -0.4 is 5.32 Å². The number of aryl methyl sites for hydroxylation is 1. The van der Waals surface area contributed by atoms with E-state index in [4.69, 9.17) is 11.6 Å². The highest BCUT2D eigenvalue weighted by Gasteiger charge is 2.05. The molecule has 0 unspecified atom stereocenters. The lowest BCUT2D eigenvalue weighted by Crippen LogP contribution is -2.26. The lowest BCUT2D eigenvalue weighted by Gasteiger charge is -2.06. The first-order chi connectivity index (χ1) is 10.3. The van der Waals surface area contributed by atoms with Crippen LogP contribution in [0.15, 0.2) is 48.8 Å². The molecule has 110 valence electrons. The Hall–Kier alpha value is -1.87. The third kappa shape index (κ3) is 5.56. The second kappa shape index (κ2) is 8.42. The van der Waals surface area contributed by atoms with Gasteiger partial charge in [-0.25, -0.2) is 0 Å². The van der Waals surface area contributed by atoms with E-state index in [-0.39, 0.29) is 5.91 Å². The number of pyridine rings is 1. The van der Waals surface area contributed by atoms with E-state index in [0.717, 1.165) is 24.8 Å². The fourth-order valence-corrected chi connectivity index (χ4v) is 2.31. The largest absolute Gasteiger partial charge is 0.356 e. The van der Waals surface area contributed by atoms with Gasteiger partial charge in [0.15, 0.2) is 0 Å². The number of rotatable bonds is 7. The lowest BCUT2D eigenvalue weighted by atomic mass is 10.1. The summed E-state index contributed by atoms with van der Waals surface area (Å²) in [6.45, 7) is 0.698. The summed E-state index contributed by atoms with van der Waals surface area (Å²) in [5, 5.41) is 3.57. The number of aromatic nitrogens is 1. The fraction of sp³-hybridized carbons (Fsp3) is 0.294. The average Bonchev–Trinajstić information content (AvgIpc) is 2.50. The molecule has 2 aromatic rings. The molecule has 0 spiro atoms. The van der Waals surface area contributed by atoms with Gasteiger partial charge in [0.05, 0.1) is 6.42 Å². The van der Waals surface area contributed by atoms with Crippen molar-refractivity contribution in [2.75, 3.05) is 6.54 Å². The molecule has 1 aromatic carbocycles. The molecule has 1 N–H and O–H groups in total. The fourth-order valence-electron chi connectivity index (χ4n) is 2.11. The zero-order valence-corrected chi connectivity index (χ0v) is 12.6. The van der Waals surface area contributed by atoms with Gasteiger partial charge >= 0.3 is 0 Å². The van der Waals surface area contributed by atoms with Crippen molar-refractivity contribution in [1.82, 2.24) is 10.3 Å². The number of nitrogens with zero attached hydrogens (tertiary/aromatic N) is 1. The van der Waals surface area contributed by atoms with Crippen LogP contribution in [0.3, 0.4) is 0 Å². The van der Waals surface area contributed by atoms with Gasteiger partial charge in [0.25, 0.3) is 0 Å². The SMILES string of the molecule is O=C(Cc1ccccc1Cl)NCCCCc1cccnc1. The van der Waals surface area contributed by atoms with Crippen LogP contribution in [0.5, 0.6) is 0 Å². The van der Waals surface area contributed by atoms with Gasteiger partial charge in [0.1, 0.15) is 0 Å². The summed E-state index contributed by atoms with van der Waals surface area (Å²) in [5.41, 5.74) is 2.10. The summed E-state index contributed by atoms with van der Waals surface area (Å²) in [4.78, 5) is 15.9. The van der Waals surface area contributed by atoms with E-state index < -0.39 is 0 Å². The molecule has 0 saturated carbocycles. The highest BCUT2D eigenvalue weighted by atomic mass is 35.5. The Morgan fingerprint density at radius 2 is 2.00 bits per heavy atom. The van der Waals surface area contributed by atoms with Crippen LogP contribution >= 0.6 is 11.6 Å². The van der Waals surface area contributed by atoms with E-state index in [0.29, 0.717) is 18.0 Å². The molecule has 0 radical (unpaired) electrons. The number of amides is 1. The summed E-state index contributed by atoms with van der Waals surface area (Å²) in [7, 11) is 0. The summed E-state index contributed by atoms with van der Waals surface area (Å²) in [6, 6.07) is 11.5. The molecule has 0 aliphatic carbocycles. The number of hydrogen-bond donors (Lipinski definition) is 1. The van der Waals surface area contributed by atoms with E-state index in [1.54, 1.807) is 12.3 Å². The first-order valence-electron chi connectivity index (χ1n) is 7.15. The number of halogens is 1. The van der Waals surface area contributed by atoms with Gasteiger partial charge in [0, 0.05) is 24.0 Å². The molecular formula is C17H19ClN2O. The summed E-state index contributed by atoms with van der Waals surface area (Å²) in [5.74, 6) is 0.0180. The van der Waals surface area contributed by atoms with Crippen LogP contribution in [0, 0.1) is 0 Å². The van der Waals surface area contributed by atoms with Crippen LogP contribution in [0.1, 0.15) is 24.0 Å². The quantitative estimate of drug-likeness (QED) is 0.796. The van der Waals surface area contributed by atoms with E-state index in [1.807, 2.05) is 30.5 Å². The minimum atomic E-state index is 0.0180. The van der Waals surface area contributed by atoms with Crippen molar-refractivity contribution >= 4 is 17.5 Å². The van der Waals surface area contributed by atoms with Gasteiger partial charge in [-0.2, -0.15) is 0 Å². The molecular weight excluding hydrogens is 284 g/mol. The van der Waals surface area contributed by atoms with Gasteiger partial charge in [-0.05, 0) is 42.5 Å². The van der Waals surface area contributed by atoms with Crippen LogP contribution in [0.25, 0.3) is 0 Å². The Kier molecular flexibility index (Phi) is 6.22. The van der Waals surface area contributed by atoms with Crippen molar-refractivity contribution in [3.05, 3.63) is 64.9 Å². The number of nitrogens with one attached hydrogen (secondary N) is 1. The zero-order valence-electron chi connectivity index (χ0n) is 11.9. The molecule has 3 nitrogen and oxygen atoms in total. The van der Waals surface area contributed by atoms with Gasteiger partial charge in [-0.3, -0.25) is 9.78 Å². The first-order valence-corrected chi connectivity index (χ1v) is 7.52. The highest BCUT2D eigenvalue weighted by molar-refractivity contribution is 6.31. The maximum atomic E-state index is 11.8. The predicted octanol–water partition coefficient (Wildman–Crippen LogP) is 3.42. The van der Waals surface area contributed by atoms with E-state index in [9.17, 15) is 4.79 Å². The molecule has 4 heteroatoms. The van der Waals surface area contributed by atoms with Crippen LogP contribution in [-0.4, -0.2) is 17.4 Å². The van der Waals surface area contributed by atoms with Crippen molar-refractivity contribution in [2.24, 2.45) is 0 Å². The van der Waals surface area contributed by atoms with Crippen molar-refractivity contribution < 1.29 is 4.79 Å². The lowest BCUT2D eigenvalue weighted by molar-refractivity contribution is -0.120. The molecule has 0 aliphatic heterocycles. The number of unbranched alkanes of at least 4 members (excludes halogenated alkanes) is 1. The van der Waals surface area contributed by atoms with E-state index in [1.165, 1.54) is 5.56 Å². The predicted molar refractivity (Wildman–Crippen MR) is 85.3 cm³/mol. The molecule has 1 amide bonds. The number of carbonyl (C=O) groups excluding carboxylic acids is 1. The number of carbonyl (C=O) groups is 1. The summed E-state index contributed by atoms with van der Waals surface area (Å²) in [6.07, 6.45) is 6.99. The molecule has 21 heavy (non-hydrogen) atoms. The Balaban J connectivity index is 1.63. The summed E-state index contributed by atoms with van der Waals surface area (Å²) >= 11 is 6.03. The summed E-state index contributed by atoms with van der Waals surface area (Å²) < 4.78 is 0. The van der Waals surface area contributed by atoms with Gasteiger partial charge in [0.2, 0.25) is 5.91 Å². The Labute approximate surface area is 130 Å². The maximum absolute atomic E-state index is 11.8. The van der Waals surface area contributed by atoms with Crippen molar-refractivity contribution in [2.45, 2.75) is 25.7 Å². The van der Waals surface area contributed by atoms with Crippen LogP contribution in [0.4, 0.5) is 0 Å². The third-order valence-corrected chi connectivity index (χ3v) is 3.61. The van der Waals surface area contributed by atoms with Gasteiger partial charge < -0.3 is 5.32 Å². The van der Waals surface area contributed by atoms with E-state index >= 15 is 0 Å². The third-order valence-electron chi connectivity index (χ3n) is 3.25. The van der Waals surface area contributed by atoms with E-state index in [2.05, 4.69) is 16.4 Å². The Morgan fingerprint density at radius 1 is 1.14 bits per heavy atom. The van der Waals surface area contributed by atoms with Gasteiger partial charge in [-0.15, -0.1) is 0 Å². The maximum Gasteiger partial charge on any atom is 0.224 e. The molecule has 0 atom stereocenters. The second-order valence-corrected chi connectivity index (χ2v) is 5.34. The molecule has 2 rings (SSSR count).